The number of benzene rings is 1. The van der Waals surface area contributed by atoms with Gasteiger partial charge in [0.25, 0.3) is 0 Å². The molecule has 2 nitrogen and oxygen atoms in total. The van der Waals surface area contributed by atoms with Crippen LogP contribution in [0.5, 0.6) is 0 Å². The number of nitrogens with zero attached hydrogens (tertiary/aromatic N) is 2. The first kappa shape index (κ1) is 14.0. The van der Waals surface area contributed by atoms with E-state index in [9.17, 15) is 8.78 Å². The molecule has 1 aromatic carbocycles. The average Bonchev–Trinajstić information content (AvgIpc) is 2.74. The van der Waals surface area contributed by atoms with Crippen molar-refractivity contribution in [1.82, 2.24) is 9.78 Å². The summed E-state index contributed by atoms with van der Waals surface area (Å²) in [4.78, 5) is 0. The van der Waals surface area contributed by atoms with Crippen molar-refractivity contribution in [3.8, 4) is 11.1 Å². The second kappa shape index (κ2) is 4.93. The summed E-state index contributed by atoms with van der Waals surface area (Å²) in [5.41, 5.74) is 1.88. The van der Waals surface area contributed by atoms with E-state index in [1.54, 1.807) is 12.1 Å². The second-order valence-corrected chi connectivity index (χ2v) is 5.84. The molecule has 0 spiro atoms. The molecule has 0 amide bonds. The van der Waals surface area contributed by atoms with Gasteiger partial charge < -0.3 is 0 Å². The van der Waals surface area contributed by atoms with Gasteiger partial charge in [-0.3, -0.25) is 0 Å². The summed E-state index contributed by atoms with van der Waals surface area (Å²) in [6.07, 6.45) is 1.38. The van der Waals surface area contributed by atoms with Crippen molar-refractivity contribution in [2.75, 3.05) is 0 Å². The summed E-state index contributed by atoms with van der Waals surface area (Å²) < 4.78 is 26.3. The summed E-state index contributed by atoms with van der Waals surface area (Å²) >= 11 is 5.84. The molecule has 0 radical (unpaired) electrons. The Morgan fingerprint density at radius 3 is 2.21 bits per heavy atom. The summed E-state index contributed by atoms with van der Waals surface area (Å²) in [6.45, 7) is 3.21. The lowest BCUT2D eigenvalue weighted by Crippen LogP contribution is -2.14. The monoisotopic (exact) mass is 284 g/mol. The third-order valence-corrected chi connectivity index (χ3v) is 3.05. The molecule has 2 aromatic rings. The Hall–Kier alpha value is -1.42. The summed E-state index contributed by atoms with van der Waals surface area (Å²) in [6, 6.07) is 7.10. The van der Waals surface area contributed by atoms with Crippen LogP contribution in [0.1, 0.15) is 33.0 Å². The molecule has 0 aliphatic carbocycles. The fraction of sp³-hybridized carbons (Fsp3) is 0.357. The zero-order chi connectivity index (χ0) is 14.2. The predicted molar refractivity (Wildman–Crippen MR) is 72.6 cm³/mol. The number of hydrogen-bond acceptors (Lipinski definition) is 1. The van der Waals surface area contributed by atoms with E-state index in [-0.39, 0.29) is 5.41 Å². The normalized spacial score (nSPS) is 12.2. The van der Waals surface area contributed by atoms with Gasteiger partial charge in [-0.2, -0.15) is 13.9 Å². The lowest BCUT2D eigenvalue weighted by molar-refractivity contribution is 0.0558. The van der Waals surface area contributed by atoms with Crippen LogP contribution in [0.25, 0.3) is 11.1 Å². The van der Waals surface area contributed by atoms with E-state index in [0.29, 0.717) is 21.0 Å². The smallest absolute Gasteiger partial charge is 0.211 e. The highest BCUT2D eigenvalue weighted by Gasteiger charge is 2.24. The van der Waals surface area contributed by atoms with Crippen LogP contribution >= 0.6 is 11.6 Å². The molecule has 19 heavy (non-hydrogen) atoms. The van der Waals surface area contributed by atoms with Gasteiger partial charge in [0.2, 0.25) is 0 Å². The topological polar surface area (TPSA) is 17.8 Å². The van der Waals surface area contributed by atoms with Crippen LogP contribution in [0, 0.1) is 0 Å². The Kier molecular flexibility index (Phi) is 3.63. The molecule has 1 aromatic heterocycles. The van der Waals surface area contributed by atoms with Crippen LogP contribution in [0.2, 0.25) is 5.02 Å². The summed E-state index contributed by atoms with van der Waals surface area (Å²) in [5.74, 6) is 0. The van der Waals surface area contributed by atoms with Gasteiger partial charge in [0.15, 0.2) is 0 Å². The Morgan fingerprint density at radius 1 is 1.16 bits per heavy atom. The summed E-state index contributed by atoms with van der Waals surface area (Å²) in [5, 5.41) is 4.63. The second-order valence-electron chi connectivity index (χ2n) is 5.41. The van der Waals surface area contributed by atoms with E-state index in [4.69, 9.17) is 11.6 Å². The van der Waals surface area contributed by atoms with E-state index < -0.39 is 6.55 Å². The lowest BCUT2D eigenvalue weighted by Gasteiger charge is -2.17. The highest BCUT2D eigenvalue weighted by Crippen LogP contribution is 2.33. The van der Waals surface area contributed by atoms with Crippen LogP contribution in [0.3, 0.4) is 0 Å². The van der Waals surface area contributed by atoms with Gasteiger partial charge in [0.1, 0.15) is 0 Å². The van der Waals surface area contributed by atoms with E-state index in [0.717, 1.165) is 5.56 Å². The number of halogens is 3. The van der Waals surface area contributed by atoms with Crippen molar-refractivity contribution in [3.63, 3.8) is 0 Å². The van der Waals surface area contributed by atoms with Crippen molar-refractivity contribution in [1.29, 1.82) is 0 Å². The Bertz CT molecular complexity index is 568. The Labute approximate surface area is 116 Å². The van der Waals surface area contributed by atoms with Gasteiger partial charge in [0, 0.05) is 22.2 Å². The first-order valence-electron chi connectivity index (χ1n) is 5.93. The minimum absolute atomic E-state index is 0.310. The van der Waals surface area contributed by atoms with Gasteiger partial charge in [-0.05, 0) is 17.7 Å². The van der Waals surface area contributed by atoms with Crippen LogP contribution in [0.15, 0.2) is 30.5 Å². The predicted octanol–water partition coefficient (Wildman–Crippen LogP) is 4.90. The minimum Gasteiger partial charge on any atom is -0.211 e. The zero-order valence-corrected chi connectivity index (χ0v) is 11.7. The number of alkyl halides is 2. The van der Waals surface area contributed by atoms with Gasteiger partial charge >= 0.3 is 6.55 Å². The molecule has 0 atom stereocenters. The van der Waals surface area contributed by atoms with Crippen LogP contribution in [-0.2, 0) is 5.41 Å². The molecule has 0 saturated carbocycles. The Morgan fingerprint density at radius 2 is 1.74 bits per heavy atom. The van der Waals surface area contributed by atoms with Crippen molar-refractivity contribution in [3.05, 3.63) is 41.2 Å². The van der Waals surface area contributed by atoms with E-state index in [2.05, 4.69) is 5.10 Å². The molecule has 2 rings (SSSR count). The van der Waals surface area contributed by atoms with Crippen LogP contribution in [-0.4, -0.2) is 9.78 Å². The summed E-state index contributed by atoms with van der Waals surface area (Å²) in [7, 11) is 0. The van der Waals surface area contributed by atoms with Crippen molar-refractivity contribution in [2.45, 2.75) is 32.7 Å². The molecule has 0 saturated heterocycles. The van der Waals surface area contributed by atoms with Crippen molar-refractivity contribution >= 4 is 11.6 Å². The maximum atomic E-state index is 12.8. The molecule has 1 heterocycles. The first-order chi connectivity index (χ1) is 8.79. The molecule has 0 N–H and O–H groups in total. The largest absolute Gasteiger partial charge is 0.333 e. The van der Waals surface area contributed by atoms with Crippen molar-refractivity contribution < 1.29 is 8.78 Å². The van der Waals surface area contributed by atoms with E-state index >= 15 is 0 Å². The zero-order valence-electron chi connectivity index (χ0n) is 11.0. The number of rotatable bonds is 2. The quantitative estimate of drug-likeness (QED) is 0.767. The fourth-order valence-electron chi connectivity index (χ4n) is 1.89. The standard InChI is InChI=1S/C14H15ClF2N2/c1-14(2,3)12-11(8-19(18-12)13(16)17)9-4-6-10(15)7-5-9/h4-8,13H,1-3H3. The van der Waals surface area contributed by atoms with Crippen LogP contribution < -0.4 is 0 Å². The maximum Gasteiger partial charge on any atom is 0.333 e. The van der Waals surface area contributed by atoms with Gasteiger partial charge in [-0.25, -0.2) is 4.68 Å². The van der Waals surface area contributed by atoms with Crippen molar-refractivity contribution in [2.24, 2.45) is 0 Å². The van der Waals surface area contributed by atoms with Gasteiger partial charge in [-0.15, -0.1) is 0 Å². The third kappa shape index (κ3) is 2.95. The average molecular weight is 285 g/mol. The minimum atomic E-state index is -2.64. The van der Waals surface area contributed by atoms with E-state index in [1.165, 1.54) is 6.20 Å². The molecular formula is C14H15ClF2N2. The molecule has 0 fully saturated rings. The number of aromatic nitrogens is 2. The SMILES string of the molecule is CC(C)(C)c1nn(C(F)F)cc1-c1ccc(Cl)cc1. The van der Waals surface area contributed by atoms with Gasteiger partial charge in [0.05, 0.1) is 5.69 Å². The van der Waals surface area contributed by atoms with E-state index in [1.807, 2.05) is 32.9 Å². The third-order valence-electron chi connectivity index (χ3n) is 2.80. The molecule has 0 aliphatic heterocycles. The highest BCUT2D eigenvalue weighted by atomic mass is 35.5. The fourth-order valence-corrected chi connectivity index (χ4v) is 2.01. The number of hydrogen-bond donors (Lipinski definition) is 0. The lowest BCUT2D eigenvalue weighted by atomic mass is 9.87. The maximum absolute atomic E-state index is 12.8. The molecule has 102 valence electrons. The van der Waals surface area contributed by atoms with Crippen LogP contribution in [0.4, 0.5) is 8.78 Å². The molecule has 0 aliphatic rings. The van der Waals surface area contributed by atoms with Gasteiger partial charge in [-0.1, -0.05) is 44.5 Å². The molecule has 5 heteroatoms. The molecule has 0 bridgehead atoms. The Balaban J connectivity index is 2.57. The first-order valence-corrected chi connectivity index (χ1v) is 6.30. The molecule has 0 unspecified atom stereocenters. The highest BCUT2D eigenvalue weighted by molar-refractivity contribution is 6.30. The molecular weight excluding hydrogens is 270 g/mol.